The molecule has 6 heteroatoms. The maximum atomic E-state index is 11.7. The largest absolute Gasteiger partial charge is 0.480 e. The molecule has 0 fully saturated rings. The molecule has 0 aromatic heterocycles. The quantitative estimate of drug-likeness (QED) is 0.743. The van der Waals surface area contributed by atoms with Gasteiger partial charge in [-0.05, 0) is 30.0 Å². The molecule has 1 atom stereocenters. The van der Waals surface area contributed by atoms with Gasteiger partial charge in [-0.1, -0.05) is 26.0 Å². The molecule has 21 heavy (non-hydrogen) atoms. The van der Waals surface area contributed by atoms with Crippen LogP contribution in [0.15, 0.2) is 24.3 Å². The highest BCUT2D eigenvalue weighted by molar-refractivity contribution is 5.82. The zero-order valence-corrected chi connectivity index (χ0v) is 12.1. The summed E-state index contributed by atoms with van der Waals surface area (Å²) in [7, 11) is 0. The summed E-state index contributed by atoms with van der Waals surface area (Å²) in [6.45, 7) is 4.02. The molecule has 0 aliphatic carbocycles. The number of rotatable bonds is 6. The molecule has 3 N–H and O–H groups in total. The fourth-order valence-electron chi connectivity index (χ4n) is 1.84. The summed E-state index contributed by atoms with van der Waals surface area (Å²) < 4.78 is 0. The highest BCUT2D eigenvalue weighted by Gasteiger charge is 2.20. The number of urea groups is 1. The Morgan fingerprint density at radius 2 is 2.10 bits per heavy atom. The number of nitriles is 1. The van der Waals surface area contributed by atoms with Gasteiger partial charge >= 0.3 is 12.0 Å². The first-order chi connectivity index (χ1) is 9.92. The van der Waals surface area contributed by atoms with Gasteiger partial charge in [-0.2, -0.15) is 5.26 Å². The van der Waals surface area contributed by atoms with Crippen LogP contribution < -0.4 is 10.6 Å². The zero-order valence-electron chi connectivity index (χ0n) is 12.1. The van der Waals surface area contributed by atoms with Gasteiger partial charge in [-0.15, -0.1) is 0 Å². The second kappa shape index (κ2) is 7.90. The van der Waals surface area contributed by atoms with Crippen molar-refractivity contribution in [1.82, 2.24) is 10.6 Å². The number of carboxylic acids is 1. The standard InChI is InChI=1S/C15H19N3O3/c1-10(2)6-13(14(19)20)18-15(21)17-9-12-5-3-4-11(7-12)8-16/h3-5,7,10,13H,6,9H2,1-2H3,(H,19,20)(H2,17,18,21). The Hall–Kier alpha value is -2.55. The van der Waals surface area contributed by atoms with E-state index < -0.39 is 18.0 Å². The van der Waals surface area contributed by atoms with Gasteiger partial charge in [0.25, 0.3) is 0 Å². The minimum Gasteiger partial charge on any atom is -0.480 e. The van der Waals surface area contributed by atoms with Gasteiger partial charge in [0.2, 0.25) is 0 Å². The van der Waals surface area contributed by atoms with Crippen molar-refractivity contribution >= 4 is 12.0 Å². The second-order valence-electron chi connectivity index (χ2n) is 5.16. The second-order valence-corrected chi connectivity index (χ2v) is 5.16. The molecule has 0 spiro atoms. The minimum absolute atomic E-state index is 0.165. The van der Waals surface area contributed by atoms with Crippen LogP contribution in [0.1, 0.15) is 31.4 Å². The number of carboxylic acid groups (broad SMARTS) is 1. The number of hydrogen-bond acceptors (Lipinski definition) is 3. The highest BCUT2D eigenvalue weighted by atomic mass is 16.4. The van der Waals surface area contributed by atoms with Crippen molar-refractivity contribution in [3.05, 3.63) is 35.4 Å². The molecule has 6 nitrogen and oxygen atoms in total. The molecule has 0 saturated carbocycles. The SMILES string of the molecule is CC(C)CC(NC(=O)NCc1cccc(C#N)c1)C(=O)O. The molecule has 1 rings (SSSR count). The van der Waals surface area contributed by atoms with Crippen LogP contribution >= 0.6 is 0 Å². The van der Waals surface area contributed by atoms with Crippen LogP contribution in [0.3, 0.4) is 0 Å². The number of aliphatic carboxylic acids is 1. The van der Waals surface area contributed by atoms with Crippen LogP contribution in [0.5, 0.6) is 0 Å². The Kier molecular flexibility index (Phi) is 6.21. The summed E-state index contributed by atoms with van der Waals surface area (Å²) in [6.07, 6.45) is 0.368. The van der Waals surface area contributed by atoms with Crippen molar-refractivity contribution in [2.24, 2.45) is 5.92 Å². The average molecular weight is 289 g/mol. The lowest BCUT2D eigenvalue weighted by Gasteiger charge is -2.17. The minimum atomic E-state index is -1.05. The molecular formula is C15H19N3O3. The van der Waals surface area contributed by atoms with E-state index in [-0.39, 0.29) is 12.5 Å². The first-order valence-corrected chi connectivity index (χ1v) is 6.68. The first-order valence-electron chi connectivity index (χ1n) is 6.68. The number of amides is 2. The van der Waals surface area contributed by atoms with E-state index in [0.717, 1.165) is 5.56 Å². The summed E-state index contributed by atoms with van der Waals surface area (Å²) in [5, 5.41) is 22.9. The Morgan fingerprint density at radius 3 is 2.67 bits per heavy atom. The normalized spacial score (nSPS) is 11.5. The number of hydrogen-bond donors (Lipinski definition) is 3. The van der Waals surface area contributed by atoms with E-state index in [1.54, 1.807) is 24.3 Å². The molecule has 0 bridgehead atoms. The van der Waals surface area contributed by atoms with Crippen molar-refractivity contribution < 1.29 is 14.7 Å². The van der Waals surface area contributed by atoms with E-state index in [2.05, 4.69) is 10.6 Å². The molecule has 0 aliphatic heterocycles. The molecule has 0 heterocycles. The third kappa shape index (κ3) is 5.95. The van der Waals surface area contributed by atoms with Crippen LogP contribution in [0.2, 0.25) is 0 Å². The summed E-state index contributed by atoms with van der Waals surface area (Å²) >= 11 is 0. The van der Waals surface area contributed by atoms with Gasteiger partial charge in [0, 0.05) is 6.54 Å². The maximum absolute atomic E-state index is 11.7. The van der Waals surface area contributed by atoms with Gasteiger partial charge in [0.15, 0.2) is 0 Å². The number of nitrogens with one attached hydrogen (secondary N) is 2. The molecule has 112 valence electrons. The first kappa shape index (κ1) is 16.5. The van der Waals surface area contributed by atoms with E-state index in [0.29, 0.717) is 12.0 Å². The topological polar surface area (TPSA) is 102 Å². The predicted molar refractivity (Wildman–Crippen MR) is 77.4 cm³/mol. The molecule has 0 radical (unpaired) electrons. The van der Waals surface area contributed by atoms with Crippen molar-refractivity contribution in [2.45, 2.75) is 32.9 Å². The van der Waals surface area contributed by atoms with Gasteiger partial charge in [-0.25, -0.2) is 9.59 Å². The highest BCUT2D eigenvalue weighted by Crippen LogP contribution is 2.06. The summed E-state index contributed by atoms with van der Waals surface area (Å²) in [6, 6.07) is 7.43. The van der Waals surface area contributed by atoms with Crippen molar-refractivity contribution in [3.8, 4) is 6.07 Å². The van der Waals surface area contributed by atoms with Crippen LogP contribution in [0.4, 0.5) is 4.79 Å². The van der Waals surface area contributed by atoms with Crippen molar-refractivity contribution in [1.29, 1.82) is 5.26 Å². The third-order valence-corrected chi connectivity index (χ3v) is 2.82. The molecular weight excluding hydrogens is 270 g/mol. The van der Waals surface area contributed by atoms with E-state index in [9.17, 15) is 9.59 Å². The Balaban J connectivity index is 2.52. The van der Waals surface area contributed by atoms with E-state index in [4.69, 9.17) is 10.4 Å². The van der Waals surface area contributed by atoms with Gasteiger partial charge in [0.1, 0.15) is 6.04 Å². The summed E-state index contributed by atoms with van der Waals surface area (Å²) in [4.78, 5) is 22.8. The molecule has 1 unspecified atom stereocenters. The molecule has 1 aromatic rings. The van der Waals surface area contributed by atoms with Gasteiger partial charge < -0.3 is 15.7 Å². The van der Waals surface area contributed by atoms with Crippen molar-refractivity contribution in [2.75, 3.05) is 0 Å². The lowest BCUT2D eigenvalue weighted by atomic mass is 10.0. The van der Waals surface area contributed by atoms with Crippen LogP contribution in [0.25, 0.3) is 0 Å². The van der Waals surface area contributed by atoms with Crippen LogP contribution in [0, 0.1) is 17.2 Å². The van der Waals surface area contributed by atoms with Crippen LogP contribution in [-0.4, -0.2) is 23.1 Å². The average Bonchev–Trinajstić information content (AvgIpc) is 2.44. The van der Waals surface area contributed by atoms with E-state index >= 15 is 0 Å². The number of carbonyl (C=O) groups is 2. The van der Waals surface area contributed by atoms with Gasteiger partial charge in [-0.3, -0.25) is 0 Å². The summed E-state index contributed by atoms with van der Waals surface area (Å²) in [5.74, 6) is -0.885. The lowest BCUT2D eigenvalue weighted by Crippen LogP contribution is -2.46. The Morgan fingerprint density at radius 1 is 1.38 bits per heavy atom. The number of nitrogens with zero attached hydrogens (tertiary/aromatic N) is 1. The fraction of sp³-hybridized carbons (Fsp3) is 0.400. The molecule has 1 aromatic carbocycles. The zero-order chi connectivity index (χ0) is 15.8. The van der Waals surface area contributed by atoms with Crippen molar-refractivity contribution in [3.63, 3.8) is 0 Å². The molecule has 2 amide bonds. The monoisotopic (exact) mass is 289 g/mol. The third-order valence-electron chi connectivity index (χ3n) is 2.82. The Labute approximate surface area is 123 Å². The maximum Gasteiger partial charge on any atom is 0.326 e. The van der Waals surface area contributed by atoms with Gasteiger partial charge in [0.05, 0.1) is 11.6 Å². The lowest BCUT2D eigenvalue weighted by molar-refractivity contribution is -0.139. The van der Waals surface area contributed by atoms with E-state index in [1.165, 1.54) is 0 Å². The molecule has 0 aliphatic rings. The smallest absolute Gasteiger partial charge is 0.326 e. The number of benzene rings is 1. The Bertz CT molecular complexity index is 549. The predicted octanol–water partition coefficient (Wildman–Crippen LogP) is 1.86. The van der Waals surface area contributed by atoms with Crippen LogP contribution in [-0.2, 0) is 11.3 Å². The molecule has 0 saturated heterocycles. The van der Waals surface area contributed by atoms with E-state index in [1.807, 2.05) is 19.9 Å². The summed E-state index contributed by atoms with van der Waals surface area (Å²) in [5.41, 5.74) is 1.29. The fourth-order valence-corrected chi connectivity index (χ4v) is 1.84. The number of carbonyl (C=O) groups excluding carboxylic acids is 1.